The number of nitro groups is 1. The van der Waals surface area contributed by atoms with Gasteiger partial charge in [-0.25, -0.2) is 4.79 Å². The minimum atomic E-state index is -0.739. The number of benzene rings is 1. The van der Waals surface area contributed by atoms with Gasteiger partial charge in [-0.3, -0.25) is 19.8 Å². The zero-order valence-corrected chi connectivity index (χ0v) is 18.8. The third-order valence-corrected chi connectivity index (χ3v) is 6.65. The van der Waals surface area contributed by atoms with Crippen LogP contribution in [0.5, 0.6) is 0 Å². The number of thioether (sulfide) groups is 1. The van der Waals surface area contributed by atoms with Crippen LogP contribution in [0, 0.1) is 10.1 Å². The number of carbonyl (C=O) groups excluding carboxylic acids is 2. The van der Waals surface area contributed by atoms with E-state index in [0.29, 0.717) is 18.3 Å². The van der Waals surface area contributed by atoms with E-state index in [1.165, 1.54) is 17.0 Å². The molecule has 2 saturated heterocycles. The van der Waals surface area contributed by atoms with Crippen molar-refractivity contribution < 1.29 is 24.4 Å². The maximum absolute atomic E-state index is 13.1. The van der Waals surface area contributed by atoms with E-state index < -0.39 is 28.8 Å². The summed E-state index contributed by atoms with van der Waals surface area (Å²) < 4.78 is 5.40. The molecule has 0 spiro atoms. The molecule has 1 aromatic rings. The summed E-state index contributed by atoms with van der Waals surface area (Å²) in [5.74, 6) is -0.152. The summed E-state index contributed by atoms with van der Waals surface area (Å²) in [7, 11) is 0. The van der Waals surface area contributed by atoms with E-state index in [4.69, 9.17) is 4.74 Å². The molecule has 2 heterocycles. The Kier molecular flexibility index (Phi) is 7.10. The van der Waals surface area contributed by atoms with Gasteiger partial charge in [-0.15, -0.1) is 11.8 Å². The number of nitrogens with zero attached hydrogens (tertiary/aromatic N) is 3. The van der Waals surface area contributed by atoms with E-state index >= 15 is 0 Å². The highest BCUT2D eigenvalue weighted by molar-refractivity contribution is 8.00. The fourth-order valence-electron chi connectivity index (χ4n) is 3.81. The quantitative estimate of drug-likeness (QED) is 0.553. The van der Waals surface area contributed by atoms with Gasteiger partial charge < -0.3 is 14.7 Å². The van der Waals surface area contributed by atoms with Crippen LogP contribution in [0.3, 0.4) is 0 Å². The molecule has 0 aliphatic carbocycles. The van der Waals surface area contributed by atoms with Crippen molar-refractivity contribution in [3.63, 3.8) is 0 Å². The lowest BCUT2D eigenvalue weighted by Crippen LogP contribution is -2.51. The fraction of sp³-hybridized carbons (Fsp3) is 0.619. The van der Waals surface area contributed by atoms with Gasteiger partial charge in [0, 0.05) is 41.8 Å². The van der Waals surface area contributed by atoms with E-state index in [0.717, 1.165) is 17.7 Å². The topological polar surface area (TPSA) is 113 Å². The third-order valence-electron chi connectivity index (χ3n) is 5.30. The molecule has 2 fully saturated rings. The zero-order valence-electron chi connectivity index (χ0n) is 18.0. The first kappa shape index (κ1) is 23.3. The highest BCUT2D eigenvalue weighted by Gasteiger charge is 2.43. The second-order valence-electron chi connectivity index (χ2n) is 8.93. The number of nitro benzene ring substituents is 1. The molecule has 0 radical (unpaired) electrons. The Morgan fingerprint density at radius 3 is 2.35 bits per heavy atom. The van der Waals surface area contributed by atoms with Crippen LogP contribution in [0.25, 0.3) is 0 Å². The van der Waals surface area contributed by atoms with E-state index in [9.17, 15) is 24.8 Å². The van der Waals surface area contributed by atoms with Gasteiger partial charge in [0.2, 0.25) is 5.91 Å². The second kappa shape index (κ2) is 9.44. The number of likely N-dealkylation sites (tertiary alicyclic amines) is 2. The lowest BCUT2D eigenvalue weighted by atomic mass is 10.1. The number of ether oxygens (including phenoxy) is 1. The monoisotopic (exact) mass is 451 g/mol. The number of aliphatic hydroxyl groups is 1. The summed E-state index contributed by atoms with van der Waals surface area (Å²) in [6.07, 6.45) is 0.474. The lowest BCUT2D eigenvalue weighted by molar-refractivity contribution is -0.384. The number of hydrogen-bond acceptors (Lipinski definition) is 7. The van der Waals surface area contributed by atoms with E-state index in [1.54, 1.807) is 49.6 Å². The largest absolute Gasteiger partial charge is 0.444 e. The smallest absolute Gasteiger partial charge is 0.411 e. The van der Waals surface area contributed by atoms with Gasteiger partial charge in [-0.2, -0.15) is 0 Å². The van der Waals surface area contributed by atoms with Gasteiger partial charge in [0.05, 0.1) is 17.6 Å². The third kappa shape index (κ3) is 6.10. The van der Waals surface area contributed by atoms with Gasteiger partial charge in [0.15, 0.2) is 0 Å². The van der Waals surface area contributed by atoms with Crippen molar-refractivity contribution in [3.8, 4) is 0 Å². The summed E-state index contributed by atoms with van der Waals surface area (Å²) in [4.78, 5) is 40.0. The second-order valence-corrected chi connectivity index (χ2v) is 10.3. The Morgan fingerprint density at radius 2 is 1.81 bits per heavy atom. The molecule has 3 rings (SSSR count). The van der Waals surface area contributed by atoms with E-state index in [-0.39, 0.29) is 24.6 Å². The standard InChI is InChI=1S/C21H29N3O6S/c1-21(2,3)30-20(27)23-13-15(25)12-18(23)19(26)22-10-8-17(9-11-22)31-16-6-4-14(5-7-16)24(28)29/h4-7,15,17-18,25H,8-13H2,1-3H3/t15-,18+/m1/s1. The van der Waals surface area contributed by atoms with Crippen LogP contribution in [0.15, 0.2) is 29.2 Å². The average Bonchev–Trinajstić information content (AvgIpc) is 3.09. The summed E-state index contributed by atoms with van der Waals surface area (Å²) in [5.41, 5.74) is -0.607. The Balaban J connectivity index is 1.55. The minimum absolute atomic E-state index is 0.0676. The van der Waals surface area contributed by atoms with Crippen LogP contribution in [-0.2, 0) is 9.53 Å². The van der Waals surface area contributed by atoms with Gasteiger partial charge in [0.1, 0.15) is 11.6 Å². The van der Waals surface area contributed by atoms with Gasteiger partial charge in [-0.1, -0.05) is 0 Å². The number of amides is 2. The van der Waals surface area contributed by atoms with Crippen molar-refractivity contribution in [3.05, 3.63) is 34.4 Å². The predicted molar refractivity (Wildman–Crippen MR) is 116 cm³/mol. The molecule has 2 aliphatic rings. The molecule has 1 aromatic carbocycles. The van der Waals surface area contributed by atoms with Crippen LogP contribution < -0.4 is 0 Å². The van der Waals surface area contributed by atoms with E-state index in [1.807, 2.05) is 0 Å². The molecule has 0 aromatic heterocycles. The maximum Gasteiger partial charge on any atom is 0.411 e. The van der Waals surface area contributed by atoms with Crippen molar-refractivity contribution >= 4 is 29.4 Å². The molecule has 31 heavy (non-hydrogen) atoms. The van der Waals surface area contributed by atoms with Crippen LogP contribution in [0.2, 0.25) is 0 Å². The van der Waals surface area contributed by atoms with Crippen molar-refractivity contribution in [2.45, 2.75) is 67.9 Å². The van der Waals surface area contributed by atoms with Crippen molar-refractivity contribution in [2.24, 2.45) is 0 Å². The van der Waals surface area contributed by atoms with Crippen molar-refractivity contribution in [1.29, 1.82) is 0 Å². The van der Waals surface area contributed by atoms with Gasteiger partial charge in [-0.05, 0) is 45.7 Å². The molecular formula is C21H29N3O6S. The SMILES string of the molecule is CC(C)(C)OC(=O)N1C[C@H](O)C[C@H]1C(=O)N1CCC(Sc2ccc([N+](=O)[O-])cc2)CC1. The fourth-order valence-corrected chi connectivity index (χ4v) is 4.94. The Labute approximate surface area is 185 Å². The number of carbonyl (C=O) groups is 2. The van der Waals surface area contributed by atoms with Crippen molar-refractivity contribution in [2.75, 3.05) is 19.6 Å². The highest BCUT2D eigenvalue weighted by atomic mass is 32.2. The van der Waals surface area contributed by atoms with Crippen LogP contribution >= 0.6 is 11.8 Å². The number of hydrogen-bond donors (Lipinski definition) is 1. The Morgan fingerprint density at radius 1 is 1.19 bits per heavy atom. The number of rotatable bonds is 4. The molecule has 2 aliphatic heterocycles. The van der Waals surface area contributed by atoms with E-state index in [2.05, 4.69) is 0 Å². The molecule has 1 N–H and O–H groups in total. The normalized spacial score (nSPS) is 22.5. The molecule has 170 valence electrons. The average molecular weight is 452 g/mol. The molecule has 2 atom stereocenters. The van der Waals surface area contributed by atoms with Crippen LogP contribution in [0.4, 0.5) is 10.5 Å². The molecule has 0 bridgehead atoms. The summed E-state index contributed by atoms with van der Waals surface area (Å²) in [6.45, 7) is 6.53. The molecule has 2 amide bonds. The maximum atomic E-state index is 13.1. The first-order valence-electron chi connectivity index (χ1n) is 10.4. The highest BCUT2D eigenvalue weighted by Crippen LogP contribution is 2.32. The van der Waals surface area contributed by atoms with Gasteiger partial charge >= 0.3 is 6.09 Å². The van der Waals surface area contributed by atoms with Gasteiger partial charge in [0.25, 0.3) is 5.69 Å². The molecule has 9 nitrogen and oxygen atoms in total. The number of aliphatic hydroxyl groups excluding tert-OH is 1. The number of non-ortho nitro benzene ring substituents is 1. The Bertz CT molecular complexity index is 817. The minimum Gasteiger partial charge on any atom is -0.444 e. The molecule has 10 heteroatoms. The number of β-amino-alcohol motifs (C(OH)–C–C–N with tert-alkyl or cyclic N) is 1. The van der Waals surface area contributed by atoms with Crippen molar-refractivity contribution in [1.82, 2.24) is 9.80 Å². The summed E-state index contributed by atoms with van der Waals surface area (Å²) in [5, 5.41) is 21.1. The van der Waals surface area contributed by atoms with Crippen LogP contribution in [0.1, 0.15) is 40.0 Å². The molecular weight excluding hydrogens is 422 g/mol. The predicted octanol–water partition coefficient (Wildman–Crippen LogP) is 3.05. The summed E-state index contributed by atoms with van der Waals surface area (Å²) >= 11 is 1.66. The Hall–Kier alpha value is -2.33. The first-order chi connectivity index (χ1) is 14.5. The first-order valence-corrected chi connectivity index (χ1v) is 11.3. The molecule has 0 saturated carbocycles. The summed E-state index contributed by atoms with van der Waals surface area (Å²) in [6, 6.07) is 5.79. The molecule has 0 unspecified atom stereocenters. The zero-order chi connectivity index (χ0) is 22.8. The van der Waals surface area contributed by atoms with Crippen LogP contribution in [-0.4, -0.2) is 74.5 Å². The number of piperidine rings is 1. The lowest BCUT2D eigenvalue weighted by Gasteiger charge is -2.35.